The standard InChI is InChI=1S/C17H21ClN2O2/c1-20(15-4-2-3-5-16(15)21)17(22)8-11-10-19-14-7-6-12(18)9-13(11)14/h6-7,9-10,15-16,19,21H,2-5,8H2,1H3/t15-,16-/m1/s1. The molecule has 0 saturated heterocycles. The number of halogens is 1. The minimum absolute atomic E-state index is 0.0341. The number of amides is 1. The van der Waals surface area contributed by atoms with Crippen LogP contribution in [0.4, 0.5) is 0 Å². The van der Waals surface area contributed by atoms with Gasteiger partial charge in [-0.1, -0.05) is 24.4 Å². The second-order valence-corrected chi connectivity index (χ2v) is 6.54. The van der Waals surface area contributed by atoms with E-state index < -0.39 is 6.10 Å². The van der Waals surface area contributed by atoms with Crippen molar-refractivity contribution in [2.24, 2.45) is 0 Å². The fourth-order valence-electron chi connectivity index (χ4n) is 3.31. The Morgan fingerprint density at radius 1 is 1.41 bits per heavy atom. The van der Waals surface area contributed by atoms with Crippen LogP contribution in [-0.4, -0.2) is 40.1 Å². The van der Waals surface area contributed by atoms with Crippen molar-refractivity contribution in [1.82, 2.24) is 9.88 Å². The van der Waals surface area contributed by atoms with Crippen molar-refractivity contribution in [3.63, 3.8) is 0 Å². The van der Waals surface area contributed by atoms with Gasteiger partial charge in [0.15, 0.2) is 0 Å². The maximum Gasteiger partial charge on any atom is 0.227 e. The molecular formula is C17H21ClN2O2. The first-order chi connectivity index (χ1) is 10.6. The molecule has 1 aliphatic rings. The molecule has 1 amide bonds. The lowest BCUT2D eigenvalue weighted by atomic mass is 9.91. The summed E-state index contributed by atoms with van der Waals surface area (Å²) < 4.78 is 0. The molecule has 1 aromatic heterocycles. The van der Waals surface area contributed by atoms with Crippen LogP contribution in [0.1, 0.15) is 31.2 Å². The molecule has 0 unspecified atom stereocenters. The highest BCUT2D eigenvalue weighted by Crippen LogP contribution is 2.25. The van der Waals surface area contributed by atoms with E-state index in [1.807, 2.05) is 24.4 Å². The summed E-state index contributed by atoms with van der Waals surface area (Å²) in [5.41, 5.74) is 1.92. The lowest BCUT2D eigenvalue weighted by Gasteiger charge is -2.35. The predicted octanol–water partition coefficient (Wildman–Crippen LogP) is 3.13. The molecule has 2 aromatic rings. The van der Waals surface area contributed by atoms with Gasteiger partial charge in [-0.05, 0) is 36.6 Å². The molecule has 2 N–H and O–H groups in total. The summed E-state index contributed by atoms with van der Waals surface area (Å²) >= 11 is 6.05. The second kappa shape index (κ2) is 6.31. The number of aromatic amines is 1. The van der Waals surface area contributed by atoms with Crippen LogP contribution >= 0.6 is 11.6 Å². The molecule has 2 atom stereocenters. The summed E-state index contributed by atoms with van der Waals surface area (Å²) in [5, 5.41) is 11.8. The van der Waals surface area contributed by atoms with Crippen molar-refractivity contribution in [1.29, 1.82) is 0 Å². The van der Waals surface area contributed by atoms with Crippen LogP contribution in [-0.2, 0) is 11.2 Å². The van der Waals surface area contributed by atoms with Gasteiger partial charge in [-0.3, -0.25) is 4.79 Å². The van der Waals surface area contributed by atoms with Gasteiger partial charge in [0.25, 0.3) is 0 Å². The van der Waals surface area contributed by atoms with Gasteiger partial charge in [0.2, 0.25) is 5.91 Å². The van der Waals surface area contributed by atoms with E-state index in [1.54, 1.807) is 11.9 Å². The maximum atomic E-state index is 12.6. The summed E-state index contributed by atoms with van der Waals surface area (Å²) in [5.74, 6) is 0.0341. The molecule has 118 valence electrons. The lowest BCUT2D eigenvalue weighted by Crippen LogP contribution is -2.46. The SMILES string of the molecule is CN(C(=O)Cc1c[nH]c2ccc(Cl)cc12)[C@@H]1CCCC[C@H]1O. The quantitative estimate of drug-likeness (QED) is 0.913. The number of rotatable bonds is 3. The molecule has 1 aliphatic carbocycles. The van der Waals surface area contributed by atoms with Gasteiger partial charge in [-0.25, -0.2) is 0 Å². The fraction of sp³-hybridized carbons (Fsp3) is 0.471. The Bertz CT molecular complexity index is 682. The predicted molar refractivity (Wildman–Crippen MR) is 88.0 cm³/mol. The zero-order valence-electron chi connectivity index (χ0n) is 12.7. The average molecular weight is 321 g/mol. The average Bonchev–Trinajstić information content (AvgIpc) is 2.89. The zero-order valence-corrected chi connectivity index (χ0v) is 13.4. The lowest BCUT2D eigenvalue weighted by molar-refractivity contribution is -0.134. The number of carbonyl (C=O) groups is 1. The largest absolute Gasteiger partial charge is 0.391 e. The number of nitrogens with one attached hydrogen (secondary N) is 1. The van der Waals surface area contributed by atoms with Crippen LogP contribution in [0.15, 0.2) is 24.4 Å². The van der Waals surface area contributed by atoms with E-state index >= 15 is 0 Å². The van der Waals surface area contributed by atoms with Crippen molar-refractivity contribution in [2.75, 3.05) is 7.05 Å². The van der Waals surface area contributed by atoms with Gasteiger partial charge in [0.05, 0.1) is 18.6 Å². The minimum Gasteiger partial charge on any atom is -0.391 e. The van der Waals surface area contributed by atoms with Gasteiger partial charge in [0, 0.05) is 29.2 Å². The van der Waals surface area contributed by atoms with Gasteiger partial charge < -0.3 is 15.0 Å². The zero-order chi connectivity index (χ0) is 15.7. The smallest absolute Gasteiger partial charge is 0.227 e. The number of hydrogen-bond donors (Lipinski definition) is 2. The molecule has 22 heavy (non-hydrogen) atoms. The third-order valence-electron chi connectivity index (χ3n) is 4.66. The van der Waals surface area contributed by atoms with E-state index in [0.717, 1.165) is 42.1 Å². The summed E-state index contributed by atoms with van der Waals surface area (Å²) in [4.78, 5) is 17.4. The molecule has 0 radical (unpaired) electrons. The van der Waals surface area contributed by atoms with E-state index in [4.69, 9.17) is 11.6 Å². The van der Waals surface area contributed by atoms with Crippen LogP contribution < -0.4 is 0 Å². The Hall–Kier alpha value is -1.52. The summed E-state index contributed by atoms with van der Waals surface area (Å²) in [6.45, 7) is 0. The monoisotopic (exact) mass is 320 g/mol. The number of benzene rings is 1. The number of nitrogens with zero attached hydrogens (tertiary/aromatic N) is 1. The third-order valence-corrected chi connectivity index (χ3v) is 4.89. The number of H-pyrrole nitrogens is 1. The Balaban J connectivity index is 1.76. The number of aliphatic hydroxyl groups excluding tert-OH is 1. The molecule has 0 aliphatic heterocycles. The van der Waals surface area contributed by atoms with Crippen LogP contribution in [0.2, 0.25) is 5.02 Å². The molecule has 5 heteroatoms. The van der Waals surface area contributed by atoms with Gasteiger partial charge in [-0.2, -0.15) is 0 Å². The van der Waals surface area contributed by atoms with Gasteiger partial charge in [0.1, 0.15) is 0 Å². The third kappa shape index (κ3) is 2.99. The Morgan fingerprint density at radius 3 is 2.95 bits per heavy atom. The number of aliphatic hydroxyl groups is 1. The minimum atomic E-state index is -0.403. The highest BCUT2D eigenvalue weighted by Gasteiger charge is 2.29. The molecule has 1 fully saturated rings. The van der Waals surface area contributed by atoms with E-state index in [0.29, 0.717) is 11.4 Å². The Labute approximate surface area is 135 Å². The summed E-state index contributed by atoms with van der Waals surface area (Å²) in [7, 11) is 1.80. The van der Waals surface area contributed by atoms with Crippen molar-refractivity contribution >= 4 is 28.4 Å². The number of likely N-dealkylation sites (N-methyl/N-ethyl adjacent to an activating group) is 1. The first-order valence-corrected chi connectivity index (χ1v) is 8.13. The number of hydrogen-bond acceptors (Lipinski definition) is 2. The maximum absolute atomic E-state index is 12.6. The van der Waals surface area contributed by atoms with Crippen molar-refractivity contribution in [3.05, 3.63) is 35.0 Å². The highest BCUT2D eigenvalue weighted by atomic mass is 35.5. The van der Waals surface area contributed by atoms with E-state index in [9.17, 15) is 9.90 Å². The van der Waals surface area contributed by atoms with E-state index in [2.05, 4.69) is 4.98 Å². The molecule has 0 bridgehead atoms. The van der Waals surface area contributed by atoms with E-state index in [1.165, 1.54) is 0 Å². The molecule has 3 rings (SSSR count). The fourth-order valence-corrected chi connectivity index (χ4v) is 3.49. The first kappa shape index (κ1) is 15.4. The van der Waals surface area contributed by atoms with Crippen LogP contribution in [0, 0.1) is 0 Å². The number of carbonyl (C=O) groups excluding carboxylic acids is 1. The molecular weight excluding hydrogens is 300 g/mol. The normalized spacial score (nSPS) is 22.0. The molecule has 0 spiro atoms. The van der Waals surface area contributed by atoms with Gasteiger partial charge in [-0.15, -0.1) is 0 Å². The van der Waals surface area contributed by atoms with Crippen molar-refractivity contribution in [3.8, 4) is 0 Å². The van der Waals surface area contributed by atoms with Crippen LogP contribution in [0.3, 0.4) is 0 Å². The molecule has 1 saturated carbocycles. The summed E-state index contributed by atoms with van der Waals surface area (Å²) in [6, 6.07) is 5.57. The molecule has 4 nitrogen and oxygen atoms in total. The molecule has 1 aromatic carbocycles. The number of fused-ring (bicyclic) bond motifs is 1. The second-order valence-electron chi connectivity index (χ2n) is 6.10. The van der Waals surface area contributed by atoms with Crippen LogP contribution in [0.25, 0.3) is 10.9 Å². The highest BCUT2D eigenvalue weighted by molar-refractivity contribution is 6.31. The molecule has 1 heterocycles. The van der Waals surface area contributed by atoms with Crippen molar-refractivity contribution in [2.45, 2.75) is 44.2 Å². The van der Waals surface area contributed by atoms with Crippen LogP contribution in [0.5, 0.6) is 0 Å². The first-order valence-electron chi connectivity index (χ1n) is 7.75. The van der Waals surface area contributed by atoms with Gasteiger partial charge >= 0.3 is 0 Å². The van der Waals surface area contributed by atoms with E-state index in [-0.39, 0.29) is 11.9 Å². The summed E-state index contributed by atoms with van der Waals surface area (Å²) in [6.07, 6.45) is 5.56. The Kier molecular flexibility index (Phi) is 4.41. The topological polar surface area (TPSA) is 56.3 Å². The van der Waals surface area contributed by atoms with Crippen molar-refractivity contribution < 1.29 is 9.90 Å². The number of aromatic nitrogens is 1. The Morgan fingerprint density at radius 2 is 2.18 bits per heavy atom.